The van der Waals surface area contributed by atoms with Crippen molar-refractivity contribution in [1.29, 1.82) is 0 Å². The molecular weight excluding hydrogens is 339 g/mol. The Hall–Kier alpha value is -2.64. The van der Waals surface area contributed by atoms with Crippen LogP contribution in [0, 0.1) is 5.82 Å². The van der Waals surface area contributed by atoms with Gasteiger partial charge in [-0.25, -0.2) is 9.18 Å². The number of likely N-dealkylation sites (tertiary alicyclic amines) is 1. The number of hydrogen-bond donors (Lipinski definition) is 3. The molecule has 3 N–H and O–H groups in total. The van der Waals surface area contributed by atoms with E-state index in [0.717, 1.165) is 25.8 Å². The van der Waals surface area contributed by atoms with Gasteiger partial charge in [0.05, 0.1) is 6.54 Å². The fourth-order valence-electron chi connectivity index (χ4n) is 2.71. The topological polar surface area (TPSA) is 90.5 Å². The molecule has 0 aliphatic carbocycles. The zero-order valence-corrected chi connectivity index (χ0v) is 14.7. The van der Waals surface area contributed by atoms with Crippen LogP contribution in [0.1, 0.15) is 32.1 Å². The van der Waals surface area contributed by atoms with Gasteiger partial charge in [0.25, 0.3) is 0 Å². The molecule has 0 aromatic heterocycles. The summed E-state index contributed by atoms with van der Waals surface area (Å²) in [7, 11) is 0. The van der Waals surface area contributed by atoms with Gasteiger partial charge >= 0.3 is 6.03 Å². The molecule has 1 aromatic carbocycles. The Bertz CT molecular complexity index is 621. The van der Waals surface area contributed by atoms with Crippen LogP contribution in [-0.2, 0) is 9.59 Å². The minimum Gasteiger partial charge on any atom is -0.343 e. The number of carbonyl (C=O) groups excluding carboxylic acids is 3. The fourth-order valence-corrected chi connectivity index (χ4v) is 2.71. The third kappa shape index (κ3) is 7.08. The number of nitrogens with zero attached hydrogens (tertiary/aromatic N) is 1. The number of amides is 4. The molecule has 0 atom stereocenters. The molecule has 1 saturated heterocycles. The first-order valence-electron chi connectivity index (χ1n) is 8.89. The molecule has 1 aliphatic heterocycles. The maximum Gasteiger partial charge on any atom is 0.315 e. The fraction of sp³-hybridized carbons (Fsp3) is 0.500. The molecular formula is C18H25FN4O3. The summed E-state index contributed by atoms with van der Waals surface area (Å²) >= 11 is 0. The van der Waals surface area contributed by atoms with E-state index in [9.17, 15) is 18.8 Å². The lowest BCUT2D eigenvalue weighted by molar-refractivity contribution is -0.130. The molecule has 0 unspecified atom stereocenters. The van der Waals surface area contributed by atoms with Crippen molar-refractivity contribution in [3.8, 4) is 0 Å². The lowest BCUT2D eigenvalue weighted by atomic mass is 10.2. The van der Waals surface area contributed by atoms with Crippen LogP contribution in [0.2, 0.25) is 0 Å². The van der Waals surface area contributed by atoms with Crippen LogP contribution in [0.5, 0.6) is 0 Å². The van der Waals surface area contributed by atoms with Crippen LogP contribution >= 0.6 is 0 Å². The van der Waals surface area contributed by atoms with E-state index in [1.807, 2.05) is 4.90 Å². The van der Waals surface area contributed by atoms with Crippen LogP contribution in [0.15, 0.2) is 24.3 Å². The molecule has 142 valence electrons. The SMILES string of the molecule is O=C(CNC(=O)NCCCN1CCCCCC1=O)Nc1ccc(F)cc1. The Kier molecular flexibility index (Phi) is 7.85. The minimum atomic E-state index is -0.443. The van der Waals surface area contributed by atoms with E-state index in [4.69, 9.17) is 0 Å². The summed E-state index contributed by atoms with van der Waals surface area (Å²) < 4.78 is 12.8. The highest BCUT2D eigenvalue weighted by molar-refractivity contribution is 5.94. The summed E-state index contributed by atoms with van der Waals surface area (Å²) in [6.07, 6.45) is 4.35. The summed E-state index contributed by atoms with van der Waals surface area (Å²) in [6, 6.07) is 4.92. The summed E-state index contributed by atoms with van der Waals surface area (Å²) in [5.74, 6) is -0.603. The highest BCUT2D eigenvalue weighted by Gasteiger charge is 2.15. The standard InChI is InChI=1S/C18H25FN4O3/c19-14-6-8-15(9-7-14)22-16(24)13-21-18(26)20-10-4-12-23-11-3-1-2-5-17(23)25/h6-9H,1-5,10-13H2,(H,22,24)(H2,20,21,26). The number of halogens is 1. The van der Waals surface area contributed by atoms with Gasteiger partial charge in [0.2, 0.25) is 11.8 Å². The summed E-state index contributed by atoms with van der Waals surface area (Å²) in [6.45, 7) is 1.65. The Balaban J connectivity index is 1.57. The molecule has 7 nitrogen and oxygen atoms in total. The first kappa shape index (κ1) is 19.7. The molecule has 0 bridgehead atoms. The molecule has 1 aromatic rings. The first-order chi connectivity index (χ1) is 12.5. The molecule has 1 fully saturated rings. The normalized spacial score (nSPS) is 14.5. The average molecular weight is 364 g/mol. The maximum absolute atomic E-state index is 12.8. The summed E-state index contributed by atoms with van der Waals surface area (Å²) in [5.41, 5.74) is 0.459. The van der Waals surface area contributed by atoms with Gasteiger partial charge in [-0.1, -0.05) is 6.42 Å². The van der Waals surface area contributed by atoms with Gasteiger partial charge in [-0.15, -0.1) is 0 Å². The van der Waals surface area contributed by atoms with Crippen molar-refractivity contribution in [3.05, 3.63) is 30.1 Å². The molecule has 2 rings (SSSR count). The molecule has 26 heavy (non-hydrogen) atoms. The van der Waals surface area contributed by atoms with E-state index < -0.39 is 11.9 Å². The third-order valence-electron chi connectivity index (χ3n) is 4.10. The highest BCUT2D eigenvalue weighted by atomic mass is 19.1. The second kappa shape index (κ2) is 10.4. The molecule has 4 amide bonds. The molecule has 1 heterocycles. The van der Waals surface area contributed by atoms with Crippen molar-refractivity contribution in [2.75, 3.05) is 31.5 Å². The van der Waals surface area contributed by atoms with Crippen LogP contribution in [0.3, 0.4) is 0 Å². The van der Waals surface area contributed by atoms with E-state index >= 15 is 0 Å². The van der Waals surface area contributed by atoms with Crippen molar-refractivity contribution >= 4 is 23.5 Å². The van der Waals surface area contributed by atoms with Crippen LogP contribution in [0.4, 0.5) is 14.9 Å². The number of hydrogen-bond acceptors (Lipinski definition) is 3. The Morgan fingerprint density at radius 1 is 1.08 bits per heavy atom. The minimum absolute atomic E-state index is 0.185. The second-order valence-electron chi connectivity index (χ2n) is 6.21. The Morgan fingerprint density at radius 3 is 2.62 bits per heavy atom. The predicted molar refractivity (Wildman–Crippen MR) is 96.1 cm³/mol. The molecule has 1 aliphatic rings. The van der Waals surface area contributed by atoms with E-state index in [1.165, 1.54) is 24.3 Å². The molecule has 0 saturated carbocycles. The maximum atomic E-state index is 12.8. The molecule has 0 spiro atoms. The van der Waals surface area contributed by atoms with Gasteiger partial charge in [0.1, 0.15) is 5.82 Å². The number of nitrogens with one attached hydrogen (secondary N) is 3. The van der Waals surface area contributed by atoms with Crippen molar-refractivity contribution in [2.24, 2.45) is 0 Å². The van der Waals surface area contributed by atoms with Crippen LogP contribution < -0.4 is 16.0 Å². The number of carbonyl (C=O) groups is 3. The van der Waals surface area contributed by atoms with E-state index in [0.29, 0.717) is 31.6 Å². The predicted octanol–water partition coefficient (Wildman–Crippen LogP) is 1.86. The first-order valence-corrected chi connectivity index (χ1v) is 8.89. The third-order valence-corrected chi connectivity index (χ3v) is 4.10. The van der Waals surface area contributed by atoms with E-state index in [2.05, 4.69) is 16.0 Å². The zero-order valence-electron chi connectivity index (χ0n) is 14.7. The smallest absolute Gasteiger partial charge is 0.315 e. The Labute approximate surface area is 152 Å². The zero-order chi connectivity index (χ0) is 18.8. The molecule has 0 radical (unpaired) electrons. The van der Waals surface area contributed by atoms with Crippen molar-refractivity contribution in [3.63, 3.8) is 0 Å². The highest BCUT2D eigenvalue weighted by Crippen LogP contribution is 2.11. The van der Waals surface area contributed by atoms with E-state index in [-0.39, 0.29) is 18.3 Å². The van der Waals surface area contributed by atoms with Crippen LogP contribution in [0.25, 0.3) is 0 Å². The van der Waals surface area contributed by atoms with Gasteiger partial charge in [-0.2, -0.15) is 0 Å². The van der Waals surface area contributed by atoms with Gasteiger partial charge in [0, 0.05) is 31.7 Å². The van der Waals surface area contributed by atoms with Gasteiger partial charge in [0.15, 0.2) is 0 Å². The number of rotatable bonds is 7. The lowest BCUT2D eigenvalue weighted by Gasteiger charge is -2.20. The quantitative estimate of drug-likeness (QED) is 0.645. The largest absolute Gasteiger partial charge is 0.343 e. The van der Waals surface area contributed by atoms with Gasteiger partial charge in [-0.05, 0) is 43.5 Å². The average Bonchev–Trinajstić information content (AvgIpc) is 2.83. The number of urea groups is 1. The van der Waals surface area contributed by atoms with Crippen molar-refractivity contribution in [1.82, 2.24) is 15.5 Å². The molecule has 8 heteroatoms. The van der Waals surface area contributed by atoms with Gasteiger partial charge < -0.3 is 20.9 Å². The van der Waals surface area contributed by atoms with E-state index in [1.54, 1.807) is 0 Å². The summed E-state index contributed by atoms with van der Waals surface area (Å²) in [4.78, 5) is 37.1. The van der Waals surface area contributed by atoms with Gasteiger partial charge in [-0.3, -0.25) is 9.59 Å². The lowest BCUT2D eigenvalue weighted by Crippen LogP contribution is -2.41. The van der Waals surface area contributed by atoms with Crippen LogP contribution in [-0.4, -0.2) is 48.9 Å². The van der Waals surface area contributed by atoms with Crippen molar-refractivity contribution < 1.29 is 18.8 Å². The number of anilines is 1. The Morgan fingerprint density at radius 2 is 1.85 bits per heavy atom. The monoisotopic (exact) mass is 364 g/mol. The second-order valence-corrected chi connectivity index (χ2v) is 6.21. The van der Waals surface area contributed by atoms with Crippen molar-refractivity contribution in [2.45, 2.75) is 32.1 Å². The number of benzene rings is 1. The summed E-state index contributed by atoms with van der Waals surface area (Å²) in [5, 5.41) is 7.67.